The summed E-state index contributed by atoms with van der Waals surface area (Å²) in [5.41, 5.74) is 0.909. The van der Waals surface area contributed by atoms with Gasteiger partial charge in [-0.1, -0.05) is 45.0 Å². The van der Waals surface area contributed by atoms with Gasteiger partial charge >= 0.3 is 0 Å². The van der Waals surface area contributed by atoms with E-state index < -0.39 is 15.6 Å². The SMILES string of the molecule is COc1ccccc1Oc1c(CS(=O)(=O)c2ccc(C(C)(C)C)cc2)nc(-c2ncccn2)nc1OCCO. The molecule has 0 aliphatic carbocycles. The molecule has 10 nitrogen and oxygen atoms in total. The fourth-order valence-corrected chi connectivity index (χ4v) is 4.94. The Kier molecular flexibility index (Phi) is 8.41. The zero-order valence-corrected chi connectivity index (χ0v) is 23.0. The summed E-state index contributed by atoms with van der Waals surface area (Å²) in [4.78, 5) is 17.4. The fourth-order valence-electron chi connectivity index (χ4n) is 3.67. The van der Waals surface area contributed by atoms with E-state index in [2.05, 4.69) is 40.7 Å². The van der Waals surface area contributed by atoms with Crippen LogP contribution in [0.15, 0.2) is 71.9 Å². The van der Waals surface area contributed by atoms with Crippen LogP contribution in [0.5, 0.6) is 23.1 Å². The number of methoxy groups -OCH3 is 1. The highest BCUT2D eigenvalue weighted by molar-refractivity contribution is 7.90. The number of nitrogens with zero attached hydrogens (tertiary/aromatic N) is 4. The van der Waals surface area contributed by atoms with Crippen LogP contribution in [-0.4, -0.2) is 53.8 Å². The summed E-state index contributed by atoms with van der Waals surface area (Å²) in [6.45, 7) is 5.75. The molecule has 2 aromatic heterocycles. The van der Waals surface area contributed by atoms with E-state index >= 15 is 0 Å². The monoisotopic (exact) mass is 550 g/mol. The number of hydrogen-bond donors (Lipinski definition) is 1. The zero-order valence-electron chi connectivity index (χ0n) is 22.2. The average Bonchev–Trinajstić information content (AvgIpc) is 2.93. The second-order valence-electron chi connectivity index (χ2n) is 9.56. The van der Waals surface area contributed by atoms with E-state index in [1.807, 2.05) is 0 Å². The van der Waals surface area contributed by atoms with E-state index in [0.717, 1.165) is 5.56 Å². The number of aliphatic hydroxyl groups is 1. The molecular formula is C28H30N4O6S. The maximum atomic E-state index is 13.6. The minimum Gasteiger partial charge on any atom is -0.493 e. The molecule has 0 saturated carbocycles. The zero-order chi connectivity index (χ0) is 28.0. The van der Waals surface area contributed by atoms with Gasteiger partial charge in [0.25, 0.3) is 5.88 Å². The molecule has 0 saturated heterocycles. The number of ether oxygens (including phenoxy) is 3. The maximum absolute atomic E-state index is 13.6. The van der Waals surface area contributed by atoms with Crippen molar-refractivity contribution in [2.45, 2.75) is 36.8 Å². The van der Waals surface area contributed by atoms with Gasteiger partial charge in [-0.05, 0) is 41.3 Å². The third-order valence-electron chi connectivity index (χ3n) is 5.69. The van der Waals surface area contributed by atoms with Crippen LogP contribution in [0.3, 0.4) is 0 Å². The second kappa shape index (κ2) is 11.7. The normalized spacial score (nSPS) is 11.7. The van der Waals surface area contributed by atoms with Crippen molar-refractivity contribution >= 4 is 9.84 Å². The number of hydrogen-bond acceptors (Lipinski definition) is 10. The predicted octanol–water partition coefficient (Wildman–Crippen LogP) is 4.38. The molecule has 39 heavy (non-hydrogen) atoms. The standard InChI is InChI=1S/C28H30N4O6S/c1-28(2,3)19-10-12-20(13-11-19)39(34,35)18-21-24(38-23-9-6-5-8-22(23)36-4)27(37-17-16-33)32-26(31-21)25-29-14-7-15-30-25/h5-15,33H,16-18H2,1-4H3. The minimum atomic E-state index is -3.89. The van der Waals surface area contributed by atoms with Crippen LogP contribution in [0.4, 0.5) is 0 Å². The lowest BCUT2D eigenvalue weighted by molar-refractivity contribution is 0.192. The van der Waals surface area contributed by atoms with E-state index in [1.54, 1.807) is 54.6 Å². The third kappa shape index (κ3) is 6.68. The van der Waals surface area contributed by atoms with Crippen LogP contribution in [0.25, 0.3) is 11.6 Å². The number of para-hydroxylation sites is 2. The third-order valence-corrected chi connectivity index (χ3v) is 7.33. The quantitative estimate of drug-likeness (QED) is 0.303. The van der Waals surface area contributed by atoms with Gasteiger partial charge < -0.3 is 19.3 Å². The first-order valence-electron chi connectivity index (χ1n) is 12.2. The lowest BCUT2D eigenvalue weighted by atomic mass is 9.87. The molecule has 0 aliphatic heterocycles. The predicted molar refractivity (Wildman–Crippen MR) is 145 cm³/mol. The van der Waals surface area contributed by atoms with Crippen molar-refractivity contribution in [3.63, 3.8) is 0 Å². The molecule has 0 fully saturated rings. The summed E-state index contributed by atoms with van der Waals surface area (Å²) in [5, 5.41) is 9.41. The molecule has 11 heteroatoms. The van der Waals surface area contributed by atoms with Crippen molar-refractivity contribution in [2.75, 3.05) is 20.3 Å². The Labute approximate surface area is 227 Å². The Morgan fingerprint density at radius 2 is 1.54 bits per heavy atom. The average molecular weight is 551 g/mol. The Hall–Kier alpha value is -4.09. The van der Waals surface area contributed by atoms with Crippen LogP contribution in [0, 0.1) is 0 Å². The highest BCUT2D eigenvalue weighted by Crippen LogP contribution is 2.39. The van der Waals surface area contributed by atoms with Crippen LogP contribution in [0.1, 0.15) is 32.0 Å². The van der Waals surface area contributed by atoms with Gasteiger partial charge in [0.1, 0.15) is 18.1 Å². The Morgan fingerprint density at radius 3 is 2.15 bits per heavy atom. The highest BCUT2D eigenvalue weighted by Gasteiger charge is 2.27. The van der Waals surface area contributed by atoms with E-state index in [1.165, 1.54) is 19.5 Å². The van der Waals surface area contributed by atoms with Crippen LogP contribution in [0.2, 0.25) is 0 Å². The number of sulfone groups is 1. The molecule has 1 N–H and O–H groups in total. The molecule has 0 spiro atoms. The van der Waals surface area contributed by atoms with E-state index in [9.17, 15) is 13.5 Å². The molecule has 0 atom stereocenters. The molecule has 0 aliphatic rings. The van der Waals surface area contributed by atoms with E-state index in [0.29, 0.717) is 11.5 Å². The largest absolute Gasteiger partial charge is 0.493 e. The van der Waals surface area contributed by atoms with Crippen LogP contribution >= 0.6 is 0 Å². The maximum Gasteiger partial charge on any atom is 0.261 e. The topological polar surface area (TPSA) is 134 Å². The molecular weight excluding hydrogens is 520 g/mol. The number of rotatable bonds is 10. The van der Waals surface area contributed by atoms with Crippen molar-refractivity contribution in [1.29, 1.82) is 0 Å². The van der Waals surface area contributed by atoms with Gasteiger partial charge in [-0.3, -0.25) is 0 Å². The van der Waals surface area contributed by atoms with Crippen molar-refractivity contribution in [3.05, 3.63) is 78.2 Å². The lowest BCUT2D eigenvalue weighted by Gasteiger charge is -2.19. The van der Waals surface area contributed by atoms with Gasteiger partial charge in [0.2, 0.25) is 11.6 Å². The molecule has 4 rings (SSSR count). The molecule has 2 aromatic carbocycles. The van der Waals surface area contributed by atoms with Crippen LogP contribution < -0.4 is 14.2 Å². The van der Waals surface area contributed by atoms with E-state index in [4.69, 9.17) is 14.2 Å². The van der Waals surface area contributed by atoms with Gasteiger partial charge in [-0.2, -0.15) is 4.98 Å². The summed E-state index contributed by atoms with van der Waals surface area (Å²) < 4.78 is 44.4. The lowest BCUT2D eigenvalue weighted by Crippen LogP contribution is -2.14. The number of aromatic nitrogens is 4. The molecule has 0 amide bonds. The van der Waals surface area contributed by atoms with Crippen molar-refractivity contribution in [2.24, 2.45) is 0 Å². The molecule has 0 radical (unpaired) electrons. The number of aliphatic hydroxyl groups excluding tert-OH is 1. The van der Waals surface area contributed by atoms with Crippen LogP contribution in [-0.2, 0) is 21.0 Å². The summed E-state index contributed by atoms with van der Waals surface area (Å²) in [7, 11) is -2.40. The highest BCUT2D eigenvalue weighted by atomic mass is 32.2. The Balaban J connectivity index is 1.85. The summed E-state index contributed by atoms with van der Waals surface area (Å²) in [6.07, 6.45) is 3.04. The summed E-state index contributed by atoms with van der Waals surface area (Å²) >= 11 is 0. The van der Waals surface area contributed by atoms with Crippen molar-refractivity contribution in [3.8, 4) is 34.8 Å². The fraction of sp³-hybridized carbons (Fsp3) is 0.286. The Bertz CT molecular complexity index is 1520. The first-order valence-corrected chi connectivity index (χ1v) is 13.8. The van der Waals surface area contributed by atoms with E-state index in [-0.39, 0.29) is 52.5 Å². The van der Waals surface area contributed by atoms with Crippen molar-refractivity contribution in [1.82, 2.24) is 19.9 Å². The molecule has 0 unspecified atom stereocenters. The Morgan fingerprint density at radius 1 is 0.872 bits per heavy atom. The van der Waals surface area contributed by atoms with Gasteiger partial charge in [-0.15, -0.1) is 0 Å². The van der Waals surface area contributed by atoms with Gasteiger partial charge in [0.05, 0.1) is 18.6 Å². The molecule has 2 heterocycles. The summed E-state index contributed by atoms with van der Waals surface area (Å²) in [6, 6.07) is 15.3. The summed E-state index contributed by atoms with van der Waals surface area (Å²) in [5.74, 6) is 0.308. The molecule has 4 aromatic rings. The minimum absolute atomic E-state index is 0.0254. The second-order valence-corrected chi connectivity index (χ2v) is 11.5. The first kappa shape index (κ1) is 27.9. The first-order chi connectivity index (χ1) is 18.6. The van der Waals surface area contributed by atoms with Gasteiger partial charge in [-0.25, -0.2) is 23.4 Å². The number of benzene rings is 2. The molecule has 204 valence electrons. The van der Waals surface area contributed by atoms with Crippen molar-refractivity contribution < 1.29 is 27.7 Å². The smallest absolute Gasteiger partial charge is 0.261 e. The van der Waals surface area contributed by atoms with Gasteiger partial charge in [0.15, 0.2) is 27.2 Å². The van der Waals surface area contributed by atoms with Gasteiger partial charge in [0, 0.05) is 12.4 Å². The molecule has 0 bridgehead atoms.